The fourth-order valence-electron chi connectivity index (χ4n) is 2.95. The van der Waals surface area contributed by atoms with Crippen LogP contribution in [0.4, 0.5) is 0 Å². The van der Waals surface area contributed by atoms with Crippen molar-refractivity contribution >= 4 is 11.3 Å². The molecule has 1 aliphatic rings. The summed E-state index contributed by atoms with van der Waals surface area (Å²) in [5.74, 6) is 0.700. The maximum Gasteiger partial charge on any atom is 0.0332 e. The van der Waals surface area contributed by atoms with Gasteiger partial charge in [0, 0.05) is 41.0 Å². The topological polar surface area (TPSA) is 15.3 Å². The lowest BCUT2D eigenvalue weighted by atomic mass is 9.93. The van der Waals surface area contributed by atoms with Gasteiger partial charge in [-0.2, -0.15) is 0 Å². The lowest BCUT2D eigenvalue weighted by Gasteiger charge is -2.46. The number of thiophene rings is 1. The number of hydrogen-bond acceptors (Lipinski definition) is 3. The largest absolute Gasteiger partial charge is 0.309 e. The number of hydrogen-bond donors (Lipinski definition) is 1. The van der Waals surface area contributed by atoms with Gasteiger partial charge in [-0.05, 0) is 45.2 Å². The summed E-state index contributed by atoms with van der Waals surface area (Å²) in [7, 11) is 0. The first-order chi connectivity index (χ1) is 8.78. The average Bonchev–Trinajstić information content (AvgIpc) is 2.56. The first-order valence-corrected chi connectivity index (χ1v) is 8.15. The van der Waals surface area contributed by atoms with Gasteiger partial charge < -0.3 is 5.32 Å². The first-order valence-electron chi connectivity index (χ1n) is 7.33. The molecule has 19 heavy (non-hydrogen) atoms. The first kappa shape index (κ1) is 15.0. The number of piperazine rings is 1. The zero-order valence-corrected chi connectivity index (χ0v) is 14.0. The van der Waals surface area contributed by atoms with Crippen molar-refractivity contribution in [3.63, 3.8) is 0 Å². The minimum Gasteiger partial charge on any atom is -0.309 e. The van der Waals surface area contributed by atoms with Crippen molar-refractivity contribution in [3.8, 4) is 0 Å². The number of nitrogens with one attached hydrogen (secondary N) is 1. The van der Waals surface area contributed by atoms with Gasteiger partial charge in [0.15, 0.2) is 0 Å². The quantitative estimate of drug-likeness (QED) is 0.910. The molecule has 0 saturated carbocycles. The van der Waals surface area contributed by atoms with Crippen LogP contribution >= 0.6 is 11.3 Å². The van der Waals surface area contributed by atoms with Crippen molar-refractivity contribution in [2.75, 3.05) is 13.1 Å². The van der Waals surface area contributed by atoms with Gasteiger partial charge in [0.25, 0.3) is 0 Å². The molecule has 0 bridgehead atoms. The summed E-state index contributed by atoms with van der Waals surface area (Å²) in [5, 5.41) is 3.68. The molecule has 1 saturated heterocycles. The molecule has 1 atom stereocenters. The third-order valence-electron chi connectivity index (χ3n) is 4.20. The molecule has 0 amide bonds. The standard InChI is InChI=1S/C16H28N2S/c1-11(2)15-8-17-16(5,6)10-18(15)9-14-7-12(3)13(4)19-14/h7,11,15,17H,8-10H2,1-6H3. The van der Waals surface area contributed by atoms with Crippen LogP contribution in [0.25, 0.3) is 0 Å². The van der Waals surface area contributed by atoms with Gasteiger partial charge in [-0.1, -0.05) is 13.8 Å². The van der Waals surface area contributed by atoms with Crippen molar-refractivity contribution < 1.29 is 0 Å². The van der Waals surface area contributed by atoms with Gasteiger partial charge >= 0.3 is 0 Å². The summed E-state index contributed by atoms with van der Waals surface area (Å²) in [4.78, 5) is 5.65. The highest BCUT2D eigenvalue weighted by Crippen LogP contribution is 2.26. The monoisotopic (exact) mass is 280 g/mol. The Hall–Kier alpha value is -0.380. The molecule has 2 rings (SSSR count). The molecule has 1 aliphatic heterocycles. The van der Waals surface area contributed by atoms with E-state index in [2.05, 4.69) is 57.8 Å². The summed E-state index contributed by atoms with van der Waals surface area (Å²) < 4.78 is 0. The molecule has 1 aromatic heterocycles. The molecule has 0 aliphatic carbocycles. The molecule has 2 nitrogen and oxygen atoms in total. The third-order valence-corrected chi connectivity index (χ3v) is 5.34. The Morgan fingerprint density at radius 1 is 1.42 bits per heavy atom. The molecule has 0 spiro atoms. The highest BCUT2D eigenvalue weighted by Gasteiger charge is 2.33. The van der Waals surface area contributed by atoms with Crippen LogP contribution in [-0.4, -0.2) is 29.6 Å². The van der Waals surface area contributed by atoms with E-state index in [0.717, 1.165) is 19.6 Å². The van der Waals surface area contributed by atoms with Crippen LogP contribution in [-0.2, 0) is 6.54 Å². The van der Waals surface area contributed by atoms with Crippen molar-refractivity contribution in [2.45, 2.75) is 59.7 Å². The van der Waals surface area contributed by atoms with Crippen LogP contribution < -0.4 is 5.32 Å². The van der Waals surface area contributed by atoms with E-state index < -0.39 is 0 Å². The zero-order valence-electron chi connectivity index (χ0n) is 13.2. The minimum atomic E-state index is 0.229. The number of nitrogens with zero attached hydrogens (tertiary/aromatic N) is 1. The third kappa shape index (κ3) is 3.59. The lowest BCUT2D eigenvalue weighted by molar-refractivity contribution is 0.0636. The van der Waals surface area contributed by atoms with Crippen LogP contribution in [0.3, 0.4) is 0 Å². The molecular weight excluding hydrogens is 252 g/mol. The Bertz CT molecular complexity index is 414. The molecule has 108 valence electrons. The fraction of sp³-hybridized carbons (Fsp3) is 0.750. The maximum atomic E-state index is 3.68. The second-order valence-electron chi connectivity index (χ2n) is 6.93. The molecule has 1 fully saturated rings. The van der Waals surface area contributed by atoms with Gasteiger partial charge in [0.05, 0.1) is 0 Å². The Labute approximate surface area is 122 Å². The molecular formula is C16H28N2S. The number of rotatable bonds is 3. The summed E-state index contributed by atoms with van der Waals surface area (Å²) in [6.45, 7) is 17.1. The van der Waals surface area contributed by atoms with E-state index in [0.29, 0.717) is 12.0 Å². The zero-order chi connectivity index (χ0) is 14.2. The van der Waals surface area contributed by atoms with Gasteiger partial charge in [-0.25, -0.2) is 0 Å². The second kappa shape index (κ2) is 5.55. The van der Waals surface area contributed by atoms with Crippen LogP contribution in [0.1, 0.15) is 43.0 Å². The predicted molar refractivity (Wildman–Crippen MR) is 84.9 cm³/mol. The highest BCUT2D eigenvalue weighted by atomic mass is 32.1. The molecule has 2 heterocycles. The minimum absolute atomic E-state index is 0.229. The van der Waals surface area contributed by atoms with Crippen LogP contribution in [0.15, 0.2) is 6.07 Å². The average molecular weight is 280 g/mol. The van der Waals surface area contributed by atoms with E-state index in [1.807, 2.05) is 11.3 Å². The summed E-state index contributed by atoms with van der Waals surface area (Å²) in [5.41, 5.74) is 1.67. The van der Waals surface area contributed by atoms with Crippen LogP contribution in [0, 0.1) is 19.8 Å². The molecule has 1 N–H and O–H groups in total. The summed E-state index contributed by atoms with van der Waals surface area (Å²) in [6, 6.07) is 3.02. The highest BCUT2D eigenvalue weighted by molar-refractivity contribution is 7.12. The van der Waals surface area contributed by atoms with E-state index in [1.165, 1.54) is 15.3 Å². The molecule has 0 radical (unpaired) electrons. The van der Waals surface area contributed by atoms with E-state index in [1.54, 1.807) is 0 Å². The van der Waals surface area contributed by atoms with Crippen molar-refractivity contribution in [3.05, 3.63) is 21.4 Å². The van der Waals surface area contributed by atoms with Gasteiger partial charge in [-0.3, -0.25) is 4.90 Å². The molecule has 0 aromatic carbocycles. The van der Waals surface area contributed by atoms with Gasteiger partial charge in [0.2, 0.25) is 0 Å². The van der Waals surface area contributed by atoms with Crippen molar-refractivity contribution in [1.82, 2.24) is 10.2 Å². The lowest BCUT2D eigenvalue weighted by Crippen LogP contribution is -2.62. The molecule has 3 heteroatoms. The van der Waals surface area contributed by atoms with Crippen LogP contribution in [0.2, 0.25) is 0 Å². The fourth-order valence-corrected chi connectivity index (χ4v) is 4.03. The smallest absolute Gasteiger partial charge is 0.0332 e. The Balaban J connectivity index is 2.13. The van der Waals surface area contributed by atoms with Crippen molar-refractivity contribution in [2.24, 2.45) is 5.92 Å². The maximum absolute atomic E-state index is 3.68. The van der Waals surface area contributed by atoms with E-state index in [4.69, 9.17) is 0 Å². The Kier molecular flexibility index (Phi) is 4.38. The SMILES string of the molecule is Cc1cc(CN2CC(C)(C)NCC2C(C)C)sc1C. The van der Waals surface area contributed by atoms with E-state index in [-0.39, 0.29) is 5.54 Å². The Morgan fingerprint density at radius 2 is 2.11 bits per heavy atom. The van der Waals surface area contributed by atoms with Gasteiger partial charge in [0.1, 0.15) is 0 Å². The predicted octanol–water partition coefficient (Wildman–Crippen LogP) is 3.57. The van der Waals surface area contributed by atoms with E-state index >= 15 is 0 Å². The number of aryl methyl sites for hydroxylation is 2. The van der Waals surface area contributed by atoms with Crippen LogP contribution in [0.5, 0.6) is 0 Å². The van der Waals surface area contributed by atoms with Gasteiger partial charge in [-0.15, -0.1) is 11.3 Å². The van der Waals surface area contributed by atoms with Crippen molar-refractivity contribution in [1.29, 1.82) is 0 Å². The second-order valence-corrected chi connectivity index (χ2v) is 8.27. The molecule has 1 aromatic rings. The summed E-state index contributed by atoms with van der Waals surface area (Å²) in [6.07, 6.45) is 0. The molecule has 1 unspecified atom stereocenters. The Morgan fingerprint density at radius 3 is 2.63 bits per heavy atom. The normalized spacial score (nSPS) is 24.1. The summed E-state index contributed by atoms with van der Waals surface area (Å²) >= 11 is 1.96. The van der Waals surface area contributed by atoms with E-state index in [9.17, 15) is 0 Å².